The molecule has 0 saturated carbocycles. The van der Waals surface area contributed by atoms with Crippen molar-refractivity contribution in [1.29, 1.82) is 0 Å². The normalized spacial score (nSPS) is 11.6. The minimum atomic E-state index is -3.06. The van der Waals surface area contributed by atoms with Gasteiger partial charge in [-0.15, -0.1) is 0 Å². The van der Waals surface area contributed by atoms with E-state index in [0.29, 0.717) is 0 Å². The Hall–Kier alpha value is -1.93. The van der Waals surface area contributed by atoms with E-state index in [-0.39, 0.29) is 10.0 Å². The lowest BCUT2D eigenvalue weighted by Crippen LogP contribution is -2.38. The highest BCUT2D eigenvalue weighted by molar-refractivity contribution is 7.77. The van der Waals surface area contributed by atoms with E-state index < -0.39 is 23.3 Å². The first-order chi connectivity index (χ1) is 7.52. The summed E-state index contributed by atoms with van der Waals surface area (Å²) in [5.41, 5.74) is 4.78. The number of primary amides is 1. The number of rotatable bonds is 2. The van der Waals surface area contributed by atoms with Crippen molar-refractivity contribution in [2.75, 3.05) is 0 Å². The first kappa shape index (κ1) is 12.1. The highest BCUT2D eigenvalue weighted by Crippen LogP contribution is 2.04. The summed E-state index contributed by atoms with van der Waals surface area (Å²) in [7, 11) is 0. The van der Waals surface area contributed by atoms with E-state index in [1.54, 1.807) is 18.2 Å². The van der Waals surface area contributed by atoms with Gasteiger partial charge in [-0.25, -0.2) is 13.8 Å². The molecule has 1 atom stereocenters. The van der Waals surface area contributed by atoms with Crippen LogP contribution >= 0.6 is 0 Å². The highest BCUT2D eigenvalue weighted by Gasteiger charge is 2.17. The van der Waals surface area contributed by atoms with Gasteiger partial charge in [-0.2, -0.15) is 0 Å². The molecule has 0 aliphatic heterocycles. The second-order valence-electron chi connectivity index (χ2n) is 2.56. The molecule has 0 fully saturated rings. The van der Waals surface area contributed by atoms with Gasteiger partial charge in [-0.3, -0.25) is 0 Å². The summed E-state index contributed by atoms with van der Waals surface area (Å²) >= 11 is -3.06. The maximum absolute atomic E-state index is 11.3. The SMILES string of the molecule is NC(=O)N(OC(=O)c1ccccc1)S(=O)[O-]. The fourth-order valence-corrected chi connectivity index (χ4v) is 1.13. The van der Waals surface area contributed by atoms with Crippen molar-refractivity contribution in [1.82, 2.24) is 4.47 Å². The van der Waals surface area contributed by atoms with E-state index >= 15 is 0 Å². The number of hydrogen-bond acceptors (Lipinski definition) is 5. The molecule has 8 heteroatoms. The lowest BCUT2D eigenvalue weighted by molar-refractivity contribution is -0.0193. The zero-order valence-electron chi connectivity index (χ0n) is 7.86. The molecule has 16 heavy (non-hydrogen) atoms. The van der Waals surface area contributed by atoms with E-state index in [4.69, 9.17) is 0 Å². The fourth-order valence-electron chi connectivity index (χ4n) is 0.851. The summed E-state index contributed by atoms with van der Waals surface area (Å²) < 4.78 is 20.7. The summed E-state index contributed by atoms with van der Waals surface area (Å²) in [6, 6.07) is 6.16. The monoisotopic (exact) mass is 243 g/mol. The van der Waals surface area contributed by atoms with Crippen LogP contribution in [0.4, 0.5) is 4.79 Å². The van der Waals surface area contributed by atoms with Crippen LogP contribution in [0.25, 0.3) is 0 Å². The number of benzene rings is 1. The number of carbonyl (C=O) groups is 2. The Kier molecular flexibility index (Phi) is 3.97. The predicted molar refractivity (Wildman–Crippen MR) is 52.2 cm³/mol. The number of urea groups is 1. The van der Waals surface area contributed by atoms with Crippen LogP contribution in [-0.2, 0) is 16.1 Å². The van der Waals surface area contributed by atoms with Crippen molar-refractivity contribution in [3.63, 3.8) is 0 Å². The van der Waals surface area contributed by atoms with Gasteiger partial charge in [0.25, 0.3) is 0 Å². The van der Waals surface area contributed by atoms with Crippen LogP contribution < -0.4 is 5.73 Å². The molecule has 0 bridgehead atoms. The molecular weight excluding hydrogens is 236 g/mol. The number of nitrogens with zero attached hydrogens (tertiary/aromatic N) is 1. The largest absolute Gasteiger partial charge is 0.753 e. The molecule has 0 heterocycles. The van der Waals surface area contributed by atoms with Crippen LogP contribution in [0.15, 0.2) is 30.3 Å². The number of amides is 2. The van der Waals surface area contributed by atoms with Crippen molar-refractivity contribution in [2.24, 2.45) is 5.73 Å². The minimum absolute atomic E-state index is 0.0965. The molecule has 7 nitrogen and oxygen atoms in total. The van der Waals surface area contributed by atoms with Crippen LogP contribution in [0.5, 0.6) is 0 Å². The van der Waals surface area contributed by atoms with Crippen molar-refractivity contribution < 1.29 is 23.2 Å². The molecule has 2 amide bonds. The molecule has 2 N–H and O–H groups in total. The predicted octanol–water partition coefficient (Wildman–Crippen LogP) is -0.0668. The quantitative estimate of drug-likeness (QED) is 0.577. The standard InChI is InChI=1S/C8H8N2O5S/c9-8(12)10(16(13)14)15-7(11)6-4-2-1-3-5-6/h1-5H,(H2,9,12)(H,13,14)/p-1. The smallest absolute Gasteiger partial charge is 0.364 e. The van der Waals surface area contributed by atoms with Gasteiger partial charge in [-0.1, -0.05) is 22.7 Å². The molecule has 1 aromatic carbocycles. The van der Waals surface area contributed by atoms with Gasteiger partial charge in [-0.05, 0) is 12.1 Å². The minimum Gasteiger partial charge on any atom is -0.753 e. The summed E-state index contributed by atoms with van der Waals surface area (Å²) in [5, 5.41) is 0. The molecule has 1 rings (SSSR count). The first-order valence-electron chi connectivity index (χ1n) is 3.98. The van der Waals surface area contributed by atoms with Gasteiger partial charge < -0.3 is 15.1 Å². The first-order valence-corrected chi connectivity index (χ1v) is 5.02. The second-order valence-corrected chi connectivity index (χ2v) is 3.32. The Morgan fingerprint density at radius 1 is 1.31 bits per heavy atom. The third-order valence-electron chi connectivity index (χ3n) is 1.49. The Balaban J connectivity index is 2.77. The van der Waals surface area contributed by atoms with E-state index in [1.807, 2.05) is 0 Å². The molecule has 0 spiro atoms. The van der Waals surface area contributed by atoms with Crippen LogP contribution in [0.2, 0.25) is 0 Å². The summed E-state index contributed by atoms with van der Waals surface area (Å²) in [6.07, 6.45) is 0. The van der Waals surface area contributed by atoms with Gasteiger partial charge in [0.1, 0.15) is 0 Å². The average Bonchev–Trinajstić information content (AvgIpc) is 2.25. The van der Waals surface area contributed by atoms with Gasteiger partial charge in [0, 0.05) is 0 Å². The molecule has 0 aliphatic rings. The maximum atomic E-state index is 11.3. The van der Waals surface area contributed by atoms with E-state index in [2.05, 4.69) is 10.6 Å². The highest BCUT2D eigenvalue weighted by atomic mass is 32.2. The number of hydroxylamine groups is 1. The van der Waals surface area contributed by atoms with E-state index in [1.165, 1.54) is 12.1 Å². The summed E-state index contributed by atoms with van der Waals surface area (Å²) in [6.45, 7) is 0. The average molecular weight is 243 g/mol. The van der Waals surface area contributed by atoms with Gasteiger partial charge in [0.15, 0.2) is 0 Å². The molecule has 86 valence electrons. The van der Waals surface area contributed by atoms with Crippen LogP contribution in [0.3, 0.4) is 0 Å². The number of carbonyl (C=O) groups excluding carboxylic acids is 2. The molecule has 0 radical (unpaired) electrons. The van der Waals surface area contributed by atoms with Crippen molar-refractivity contribution in [2.45, 2.75) is 0 Å². The number of hydrogen-bond donors (Lipinski definition) is 1. The van der Waals surface area contributed by atoms with Crippen LogP contribution in [-0.4, -0.2) is 25.2 Å². The lowest BCUT2D eigenvalue weighted by Gasteiger charge is -2.19. The molecule has 1 unspecified atom stereocenters. The topological polar surface area (TPSA) is 113 Å². The zero-order chi connectivity index (χ0) is 12.1. The third kappa shape index (κ3) is 3.04. The second kappa shape index (κ2) is 5.24. The third-order valence-corrected chi connectivity index (χ3v) is 2.02. The molecular formula is C8H7N2O5S-. The van der Waals surface area contributed by atoms with Gasteiger partial charge >= 0.3 is 12.0 Å². The van der Waals surface area contributed by atoms with Crippen LogP contribution in [0.1, 0.15) is 10.4 Å². The Bertz CT molecular complexity index is 408. The van der Waals surface area contributed by atoms with Gasteiger partial charge in [0.2, 0.25) is 0 Å². The lowest BCUT2D eigenvalue weighted by atomic mass is 10.2. The zero-order valence-corrected chi connectivity index (χ0v) is 8.68. The van der Waals surface area contributed by atoms with Gasteiger partial charge in [0.05, 0.1) is 16.8 Å². The molecule has 1 aromatic rings. The maximum Gasteiger partial charge on any atom is 0.364 e. The van der Waals surface area contributed by atoms with Crippen molar-refractivity contribution in [3.05, 3.63) is 35.9 Å². The van der Waals surface area contributed by atoms with E-state index in [9.17, 15) is 18.4 Å². The summed E-state index contributed by atoms with van der Waals surface area (Å²) in [5.74, 6) is -0.997. The molecule has 0 saturated heterocycles. The molecule has 0 aromatic heterocycles. The summed E-state index contributed by atoms with van der Waals surface area (Å²) in [4.78, 5) is 26.2. The van der Waals surface area contributed by atoms with Crippen molar-refractivity contribution >= 4 is 23.3 Å². The van der Waals surface area contributed by atoms with E-state index in [0.717, 1.165) is 0 Å². The fraction of sp³-hybridized carbons (Fsp3) is 0. The molecule has 0 aliphatic carbocycles. The van der Waals surface area contributed by atoms with Crippen LogP contribution in [0, 0.1) is 0 Å². The Labute approximate surface area is 93.2 Å². The number of nitrogens with two attached hydrogens (primary N) is 1. The van der Waals surface area contributed by atoms with Crippen molar-refractivity contribution in [3.8, 4) is 0 Å². The Morgan fingerprint density at radius 2 is 1.88 bits per heavy atom. The Morgan fingerprint density at radius 3 is 2.31 bits per heavy atom.